The number of aromatic hydroxyl groups is 1. The maximum atomic E-state index is 11.3. The Labute approximate surface area is 80.1 Å². The molecule has 14 heavy (non-hydrogen) atoms. The highest BCUT2D eigenvalue weighted by atomic mass is 16.6. The summed E-state index contributed by atoms with van der Waals surface area (Å²) in [6.07, 6.45) is 0.616. The number of hydrogen-bond acceptors (Lipinski definition) is 4. The van der Waals surface area contributed by atoms with Gasteiger partial charge in [0, 0.05) is 0 Å². The quantitative estimate of drug-likeness (QED) is 0.537. The lowest BCUT2D eigenvalue weighted by Crippen LogP contribution is -1.99. The normalized spacial score (nSPS) is 14.1. The van der Waals surface area contributed by atoms with E-state index in [9.17, 15) is 14.7 Å². The Morgan fingerprint density at radius 3 is 2.50 bits per heavy atom. The molecule has 0 bridgehead atoms. The fourth-order valence-corrected chi connectivity index (χ4v) is 1.56. The lowest BCUT2D eigenvalue weighted by Gasteiger charge is -2.02. The van der Waals surface area contributed by atoms with Gasteiger partial charge in [-0.25, -0.2) is 9.59 Å². The zero-order valence-electron chi connectivity index (χ0n) is 7.53. The second-order valence-electron chi connectivity index (χ2n) is 3.02. The lowest BCUT2D eigenvalue weighted by atomic mass is 10.0. The third-order valence-electron chi connectivity index (χ3n) is 2.24. The second-order valence-corrected chi connectivity index (χ2v) is 3.02. The summed E-state index contributed by atoms with van der Waals surface area (Å²) in [6.45, 7) is 1.86. The van der Waals surface area contributed by atoms with E-state index < -0.39 is 11.9 Å². The molecule has 0 aromatic heterocycles. The average Bonchev–Trinajstić information content (AvgIpc) is 2.44. The molecule has 2 rings (SSSR count). The largest absolute Gasteiger partial charge is 0.507 e. The van der Waals surface area contributed by atoms with Crippen molar-refractivity contribution in [3.05, 3.63) is 28.8 Å². The number of fused-ring (bicyclic) bond motifs is 1. The Balaban J connectivity index is 2.76. The Kier molecular flexibility index (Phi) is 1.77. The highest BCUT2D eigenvalue weighted by Gasteiger charge is 2.34. The number of rotatable bonds is 1. The van der Waals surface area contributed by atoms with Crippen molar-refractivity contribution in [3.8, 4) is 5.75 Å². The molecule has 0 unspecified atom stereocenters. The number of esters is 2. The van der Waals surface area contributed by atoms with Crippen LogP contribution >= 0.6 is 0 Å². The first kappa shape index (κ1) is 8.74. The van der Waals surface area contributed by atoms with Gasteiger partial charge in [-0.1, -0.05) is 13.0 Å². The van der Waals surface area contributed by atoms with Crippen molar-refractivity contribution in [1.82, 2.24) is 0 Å². The summed E-state index contributed by atoms with van der Waals surface area (Å²) in [5, 5.41) is 9.39. The van der Waals surface area contributed by atoms with Crippen molar-refractivity contribution in [1.29, 1.82) is 0 Å². The van der Waals surface area contributed by atoms with Crippen molar-refractivity contribution in [3.63, 3.8) is 0 Å². The molecule has 0 saturated heterocycles. The van der Waals surface area contributed by atoms with Crippen LogP contribution in [0.15, 0.2) is 12.1 Å². The molecular weight excluding hydrogens is 184 g/mol. The van der Waals surface area contributed by atoms with Gasteiger partial charge >= 0.3 is 11.9 Å². The number of carbonyl (C=O) groups excluding carboxylic acids is 2. The Morgan fingerprint density at radius 1 is 1.21 bits per heavy atom. The van der Waals surface area contributed by atoms with Crippen LogP contribution in [0.2, 0.25) is 0 Å². The first-order valence-electron chi connectivity index (χ1n) is 4.26. The minimum absolute atomic E-state index is 0.00523. The van der Waals surface area contributed by atoms with Crippen LogP contribution in [0.5, 0.6) is 5.75 Å². The van der Waals surface area contributed by atoms with Gasteiger partial charge in [0.25, 0.3) is 0 Å². The molecule has 0 aliphatic carbocycles. The molecule has 1 N–H and O–H groups in total. The van der Waals surface area contributed by atoms with E-state index >= 15 is 0 Å². The van der Waals surface area contributed by atoms with Crippen LogP contribution < -0.4 is 0 Å². The highest BCUT2D eigenvalue weighted by molar-refractivity contribution is 6.16. The molecule has 0 amide bonds. The first-order valence-corrected chi connectivity index (χ1v) is 4.26. The van der Waals surface area contributed by atoms with Gasteiger partial charge in [-0.05, 0) is 18.1 Å². The van der Waals surface area contributed by atoms with Crippen molar-refractivity contribution in [2.75, 3.05) is 0 Å². The summed E-state index contributed by atoms with van der Waals surface area (Å²) in [7, 11) is 0. The third kappa shape index (κ3) is 1.00. The van der Waals surface area contributed by atoms with Crippen LogP contribution in [0.25, 0.3) is 0 Å². The number of hydrogen-bond donors (Lipinski definition) is 1. The van der Waals surface area contributed by atoms with Gasteiger partial charge in [0.1, 0.15) is 11.3 Å². The van der Waals surface area contributed by atoms with Crippen molar-refractivity contribution in [2.45, 2.75) is 13.3 Å². The molecule has 72 valence electrons. The van der Waals surface area contributed by atoms with Crippen LogP contribution in [-0.2, 0) is 11.2 Å². The van der Waals surface area contributed by atoms with Gasteiger partial charge in [0.2, 0.25) is 0 Å². The summed E-state index contributed by atoms with van der Waals surface area (Å²) in [5.41, 5.74) is 0.917. The third-order valence-corrected chi connectivity index (χ3v) is 2.24. The monoisotopic (exact) mass is 192 g/mol. The summed E-state index contributed by atoms with van der Waals surface area (Å²) < 4.78 is 4.42. The highest BCUT2D eigenvalue weighted by Crippen LogP contribution is 2.31. The smallest absolute Gasteiger partial charge is 0.350 e. The summed E-state index contributed by atoms with van der Waals surface area (Å²) >= 11 is 0. The fourth-order valence-electron chi connectivity index (χ4n) is 1.56. The van der Waals surface area contributed by atoms with Gasteiger partial charge in [0.15, 0.2) is 0 Å². The summed E-state index contributed by atoms with van der Waals surface area (Å²) in [5.74, 6) is -1.64. The molecule has 0 fully saturated rings. The van der Waals surface area contributed by atoms with Crippen LogP contribution in [0.3, 0.4) is 0 Å². The van der Waals surface area contributed by atoms with Gasteiger partial charge in [-0.3, -0.25) is 0 Å². The zero-order valence-corrected chi connectivity index (χ0v) is 7.53. The Morgan fingerprint density at radius 2 is 1.86 bits per heavy atom. The van der Waals surface area contributed by atoms with E-state index in [4.69, 9.17) is 0 Å². The molecule has 1 aliphatic heterocycles. The standard InChI is InChI=1S/C10H8O4/c1-2-5-3-4-6(11)8-7(5)9(12)14-10(8)13/h3-4,11H,2H2,1H3. The van der Waals surface area contributed by atoms with Crippen molar-refractivity contribution in [2.24, 2.45) is 0 Å². The minimum atomic E-state index is -0.766. The van der Waals surface area contributed by atoms with Crippen LogP contribution in [0.4, 0.5) is 0 Å². The van der Waals surface area contributed by atoms with Crippen molar-refractivity contribution < 1.29 is 19.4 Å². The molecule has 0 radical (unpaired) electrons. The van der Waals surface area contributed by atoms with E-state index in [2.05, 4.69) is 4.74 Å². The summed E-state index contributed by atoms with van der Waals surface area (Å²) in [6, 6.07) is 3.02. The molecule has 1 heterocycles. The number of cyclic esters (lactones) is 2. The van der Waals surface area contributed by atoms with Gasteiger partial charge in [-0.2, -0.15) is 0 Å². The lowest BCUT2D eigenvalue weighted by molar-refractivity contribution is 0.0442. The van der Waals surface area contributed by atoms with E-state index in [1.165, 1.54) is 6.07 Å². The molecule has 4 nitrogen and oxygen atoms in total. The van der Waals surface area contributed by atoms with E-state index in [-0.39, 0.29) is 16.9 Å². The predicted octanol–water partition coefficient (Wildman–Crippen LogP) is 1.27. The zero-order chi connectivity index (χ0) is 10.3. The van der Waals surface area contributed by atoms with E-state index in [1.54, 1.807) is 6.07 Å². The van der Waals surface area contributed by atoms with E-state index in [0.29, 0.717) is 12.0 Å². The number of ether oxygens (including phenoxy) is 1. The van der Waals surface area contributed by atoms with Gasteiger partial charge in [0.05, 0.1) is 5.56 Å². The number of carbonyl (C=O) groups is 2. The van der Waals surface area contributed by atoms with Crippen molar-refractivity contribution >= 4 is 11.9 Å². The van der Waals surface area contributed by atoms with E-state index in [1.807, 2.05) is 6.92 Å². The maximum absolute atomic E-state index is 11.3. The molecule has 1 aromatic rings. The topological polar surface area (TPSA) is 63.6 Å². The average molecular weight is 192 g/mol. The number of phenolic OH excluding ortho intramolecular Hbond substituents is 1. The second kappa shape index (κ2) is 2.83. The van der Waals surface area contributed by atoms with E-state index in [0.717, 1.165) is 0 Å². The van der Waals surface area contributed by atoms with Crippen LogP contribution in [0.1, 0.15) is 33.2 Å². The molecular formula is C10H8O4. The minimum Gasteiger partial charge on any atom is -0.507 e. The number of benzene rings is 1. The fraction of sp³-hybridized carbons (Fsp3) is 0.200. The van der Waals surface area contributed by atoms with Crippen LogP contribution in [-0.4, -0.2) is 17.0 Å². The number of phenols is 1. The molecule has 1 aromatic carbocycles. The Hall–Kier alpha value is -1.84. The number of aryl methyl sites for hydroxylation is 1. The SMILES string of the molecule is CCc1ccc(O)c2c1C(=O)OC2=O. The van der Waals surface area contributed by atoms with Crippen LogP contribution in [0, 0.1) is 0 Å². The molecule has 0 atom stereocenters. The first-order chi connectivity index (χ1) is 6.65. The maximum Gasteiger partial charge on any atom is 0.350 e. The molecule has 0 spiro atoms. The van der Waals surface area contributed by atoms with Gasteiger partial charge in [-0.15, -0.1) is 0 Å². The van der Waals surface area contributed by atoms with Gasteiger partial charge < -0.3 is 9.84 Å². The molecule has 4 heteroatoms. The molecule has 0 saturated carbocycles. The summed E-state index contributed by atoms with van der Waals surface area (Å²) in [4.78, 5) is 22.4. The Bertz CT molecular complexity index is 434. The predicted molar refractivity (Wildman–Crippen MR) is 47.2 cm³/mol. The molecule has 1 aliphatic rings.